The average molecular weight is 265 g/mol. The minimum atomic E-state index is -0.209. The Bertz CT molecular complexity index is 471. The predicted molar refractivity (Wildman–Crippen MR) is 73.2 cm³/mol. The molecule has 2 N–H and O–H groups in total. The molecule has 1 aromatic carbocycles. The molecule has 2 rings (SSSR count). The molecule has 0 radical (unpaired) electrons. The van der Waals surface area contributed by atoms with E-state index in [4.69, 9.17) is 11.6 Å². The number of hydrogen-bond acceptors (Lipinski definition) is 2. The minimum Gasteiger partial charge on any atom is -0.303 e. The number of carbonyl (C=O) groups excluding carboxylic acids is 1. The number of hydrogen-bond donors (Lipinski definition) is 2. The van der Waals surface area contributed by atoms with Crippen LogP contribution in [-0.4, -0.2) is 5.91 Å². The number of carbonyl (C=O) groups is 1. The highest BCUT2D eigenvalue weighted by molar-refractivity contribution is 6.33. The van der Waals surface area contributed by atoms with E-state index in [2.05, 4.69) is 23.9 Å². The maximum atomic E-state index is 11.9. The van der Waals surface area contributed by atoms with Gasteiger partial charge in [0.1, 0.15) is 0 Å². The normalized spacial score (nSPS) is 19.0. The van der Waals surface area contributed by atoms with E-state index in [1.165, 1.54) is 6.42 Å². The molecule has 0 bridgehead atoms. The first kappa shape index (κ1) is 13.0. The second-order valence-electron chi connectivity index (χ2n) is 4.55. The van der Waals surface area contributed by atoms with Crippen molar-refractivity contribution in [2.75, 3.05) is 0 Å². The molecule has 1 aromatic rings. The fraction of sp³-hybridized carbons (Fsp3) is 0.357. The highest BCUT2D eigenvalue weighted by atomic mass is 35.5. The van der Waals surface area contributed by atoms with E-state index in [9.17, 15) is 4.79 Å². The lowest BCUT2D eigenvalue weighted by atomic mass is 9.94. The Morgan fingerprint density at radius 1 is 1.39 bits per heavy atom. The second-order valence-corrected chi connectivity index (χ2v) is 4.96. The van der Waals surface area contributed by atoms with Gasteiger partial charge in [-0.3, -0.25) is 10.2 Å². The number of halogens is 1. The first-order valence-corrected chi connectivity index (χ1v) is 6.57. The average Bonchev–Trinajstić information content (AvgIpc) is 2.38. The molecule has 3 nitrogen and oxygen atoms in total. The third-order valence-electron chi connectivity index (χ3n) is 3.18. The molecule has 1 aliphatic carbocycles. The van der Waals surface area contributed by atoms with Crippen LogP contribution in [0.2, 0.25) is 5.02 Å². The van der Waals surface area contributed by atoms with Crippen LogP contribution in [-0.2, 0) is 0 Å². The molecule has 96 valence electrons. The van der Waals surface area contributed by atoms with Crippen molar-refractivity contribution in [2.45, 2.75) is 26.2 Å². The fourth-order valence-corrected chi connectivity index (χ4v) is 2.28. The Kier molecular flexibility index (Phi) is 4.26. The van der Waals surface area contributed by atoms with E-state index in [0.29, 0.717) is 16.5 Å². The Morgan fingerprint density at radius 2 is 2.17 bits per heavy atom. The third-order valence-corrected chi connectivity index (χ3v) is 3.50. The van der Waals surface area contributed by atoms with E-state index >= 15 is 0 Å². The zero-order valence-corrected chi connectivity index (χ0v) is 11.1. The first-order chi connectivity index (χ1) is 8.68. The van der Waals surface area contributed by atoms with Crippen molar-refractivity contribution in [1.82, 2.24) is 10.9 Å². The summed E-state index contributed by atoms with van der Waals surface area (Å²) in [5.41, 5.74) is 7.27. The van der Waals surface area contributed by atoms with Crippen LogP contribution in [0.3, 0.4) is 0 Å². The minimum absolute atomic E-state index is 0.209. The van der Waals surface area contributed by atoms with Crippen LogP contribution in [0.1, 0.15) is 36.5 Å². The van der Waals surface area contributed by atoms with Gasteiger partial charge in [-0.25, -0.2) is 0 Å². The number of nitrogens with one attached hydrogen (secondary N) is 2. The van der Waals surface area contributed by atoms with Crippen molar-refractivity contribution in [1.29, 1.82) is 0 Å². The Balaban J connectivity index is 1.97. The lowest BCUT2D eigenvalue weighted by Crippen LogP contribution is -2.39. The van der Waals surface area contributed by atoms with Crippen LogP contribution in [0.15, 0.2) is 36.0 Å². The summed E-state index contributed by atoms with van der Waals surface area (Å²) in [4.78, 5) is 11.9. The molecule has 18 heavy (non-hydrogen) atoms. The lowest BCUT2D eigenvalue weighted by Gasteiger charge is -2.22. The van der Waals surface area contributed by atoms with Gasteiger partial charge in [0.15, 0.2) is 0 Å². The topological polar surface area (TPSA) is 41.1 Å². The van der Waals surface area contributed by atoms with Crippen LogP contribution >= 0.6 is 11.6 Å². The summed E-state index contributed by atoms with van der Waals surface area (Å²) in [6.07, 6.45) is 5.57. The van der Waals surface area contributed by atoms with Crippen molar-refractivity contribution in [3.63, 3.8) is 0 Å². The zero-order valence-electron chi connectivity index (χ0n) is 10.4. The Hall–Kier alpha value is -1.48. The summed E-state index contributed by atoms with van der Waals surface area (Å²) in [5, 5.41) is 0.461. The predicted octanol–water partition coefficient (Wildman–Crippen LogP) is 3.28. The van der Waals surface area contributed by atoms with Crippen LogP contribution < -0.4 is 10.9 Å². The van der Waals surface area contributed by atoms with Crippen molar-refractivity contribution >= 4 is 17.5 Å². The molecule has 1 aliphatic rings. The molecule has 1 amide bonds. The van der Waals surface area contributed by atoms with Gasteiger partial charge in [-0.2, -0.15) is 0 Å². The van der Waals surface area contributed by atoms with Gasteiger partial charge < -0.3 is 5.43 Å². The quantitative estimate of drug-likeness (QED) is 0.823. The van der Waals surface area contributed by atoms with Gasteiger partial charge in [0.2, 0.25) is 0 Å². The summed E-state index contributed by atoms with van der Waals surface area (Å²) in [6, 6.07) is 7.01. The number of benzene rings is 1. The SMILES string of the molecule is CC1CCCC=C1NNC(=O)c1ccccc1Cl. The zero-order chi connectivity index (χ0) is 13.0. The van der Waals surface area contributed by atoms with Gasteiger partial charge >= 0.3 is 0 Å². The maximum absolute atomic E-state index is 11.9. The molecule has 0 fully saturated rings. The van der Waals surface area contributed by atoms with E-state index in [1.54, 1.807) is 24.3 Å². The molecule has 0 spiro atoms. The van der Waals surface area contributed by atoms with Gasteiger partial charge in [0.25, 0.3) is 5.91 Å². The van der Waals surface area contributed by atoms with Gasteiger partial charge in [-0.05, 0) is 37.3 Å². The molecule has 4 heteroatoms. The van der Waals surface area contributed by atoms with E-state index < -0.39 is 0 Å². The largest absolute Gasteiger partial charge is 0.303 e. The summed E-state index contributed by atoms with van der Waals surface area (Å²) in [6.45, 7) is 2.15. The molecule has 0 aromatic heterocycles. The first-order valence-electron chi connectivity index (χ1n) is 6.19. The Labute approximate surface area is 112 Å². The van der Waals surface area contributed by atoms with Crippen molar-refractivity contribution in [3.8, 4) is 0 Å². The standard InChI is InChI=1S/C14H17ClN2O/c1-10-6-2-5-9-13(10)16-17-14(18)11-7-3-4-8-12(11)15/h3-4,7-10,16H,2,5-6H2,1H3,(H,17,18). The van der Waals surface area contributed by atoms with Crippen molar-refractivity contribution in [2.24, 2.45) is 5.92 Å². The molecular weight excluding hydrogens is 248 g/mol. The smallest absolute Gasteiger partial charge is 0.271 e. The monoisotopic (exact) mass is 264 g/mol. The van der Waals surface area contributed by atoms with E-state index in [-0.39, 0.29) is 5.91 Å². The van der Waals surface area contributed by atoms with Gasteiger partial charge in [0.05, 0.1) is 10.6 Å². The van der Waals surface area contributed by atoms with Crippen LogP contribution in [0.5, 0.6) is 0 Å². The van der Waals surface area contributed by atoms with Crippen LogP contribution in [0.25, 0.3) is 0 Å². The van der Waals surface area contributed by atoms with Crippen LogP contribution in [0, 0.1) is 5.92 Å². The van der Waals surface area contributed by atoms with Gasteiger partial charge in [0, 0.05) is 5.70 Å². The summed E-state index contributed by atoms with van der Waals surface area (Å²) >= 11 is 5.97. The van der Waals surface area contributed by atoms with Crippen molar-refractivity contribution < 1.29 is 4.79 Å². The fourth-order valence-electron chi connectivity index (χ4n) is 2.05. The highest BCUT2D eigenvalue weighted by Gasteiger charge is 2.14. The second kappa shape index (κ2) is 5.91. The molecule has 0 saturated heterocycles. The lowest BCUT2D eigenvalue weighted by molar-refractivity contribution is 0.0937. The maximum Gasteiger partial charge on any atom is 0.271 e. The molecule has 0 aliphatic heterocycles. The summed E-state index contributed by atoms with van der Waals surface area (Å²) in [7, 11) is 0. The number of rotatable bonds is 3. The summed E-state index contributed by atoms with van der Waals surface area (Å²) in [5.74, 6) is 0.254. The van der Waals surface area contributed by atoms with Gasteiger partial charge in [-0.15, -0.1) is 0 Å². The Morgan fingerprint density at radius 3 is 2.89 bits per heavy atom. The molecule has 0 saturated carbocycles. The number of amides is 1. The van der Waals surface area contributed by atoms with Crippen molar-refractivity contribution in [3.05, 3.63) is 46.6 Å². The highest BCUT2D eigenvalue weighted by Crippen LogP contribution is 2.21. The summed E-state index contributed by atoms with van der Waals surface area (Å²) < 4.78 is 0. The number of allylic oxidation sites excluding steroid dienone is 2. The van der Waals surface area contributed by atoms with Crippen LogP contribution in [0.4, 0.5) is 0 Å². The third kappa shape index (κ3) is 3.05. The van der Waals surface area contributed by atoms with Gasteiger partial charge in [-0.1, -0.05) is 36.7 Å². The number of hydrazine groups is 1. The molecule has 0 heterocycles. The molecule has 1 atom stereocenters. The van der Waals surface area contributed by atoms with E-state index in [0.717, 1.165) is 18.5 Å². The molecular formula is C14H17ClN2O. The molecule has 1 unspecified atom stereocenters. The van der Waals surface area contributed by atoms with E-state index in [1.807, 2.05) is 0 Å².